The Bertz CT molecular complexity index is 692. The number of carbonyl (C=O) groups excluding carboxylic acids is 1. The maximum absolute atomic E-state index is 11.8. The van der Waals surface area contributed by atoms with Crippen LogP contribution in [0.25, 0.3) is 11.5 Å². The number of carbonyl (C=O) groups is 1. The van der Waals surface area contributed by atoms with Crippen molar-refractivity contribution in [2.24, 2.45) is 0 Å². The lowest BCUT2D eigenvalue weighted by Crippen LogP contribution is -2.41. The van der Waals surface area contributed by atoms with Gasteiger partial charge in [0.15, 0.2) is 17.1 Å². The number of hydrogen-bond acceptors (Lipinski definition) is 6. The molecule has 0 atom stereocenters. The topological polar surface area (TPSA) is 78.9 Å². The summed E-state index contributed by atoms with van der Waals surface area (Å²) < 4.78 is 20.6. The van der Waals surface area contributed by atoms with Gasteiger partial charge in [0, 0.05) is 19.9 Å². The molecule has 0 aromatic carbocycles. The molecule has 98 valence electrons. The van der Waals surface area contributed by atoms with Crippen LogP contribution in [0, 0.1) is 0 Å². The minimum Gasteiger partial charge on any atom is -0.461 e. The summed E-state index contributed by atoms with van der Waals surface area (Å²) in [4.78, 5) is 23.5. The van der Waals surface area contributed by atoms with Crippen LogP contribution >= 0.6 is 0 Å². The third-order valence-corrected chi connectivity index (χ3v) is 2.58. The number of rotatable bonds is 1. The van der Waals surface area contributed by atoms with Gasteiger partial charge in [0.2, 0.25) is 5.79 Å². The van der Waals surface area contributed by atoms with E-state index < -0.39 is 17.4 Å². The van der Waals surface area contributed by atoms with Crippen molar-refractivity contribution in [1.82, 2.24) is 0 Å². The van der Waals surface area contributed by atoms with Crippen molar-refractivity contribution in [2.45, 2.75) is 19.6 Å². The van der Waals surface area contributed by atoms with E-state index in [1.807, 2.05) is 0 Å². The lowest BCUT2D eigenvalue weighted by Gasteiger charge is -2.30. The fourth-order valence-electron chi connectivity index (χ4n) is 1.84. The van der Waals surface area contributed by atoms with Crippen molar-refractivity contribution in [3.05, 3.63) is 40.4 Å². The molecule has 0 spiro atoms. The van der Waals surface area contributed by atoms with Crippen LogP contribution in [0.15, 0.2) is 38.1 Å². The van der Waals surface area contributed by atoms with Gasteiger partial charge in [-0.1, -0.05) is 0 Å². The number of fused-ring (bicyclic) bond motifs is 1. The lowest BCUT2D eigenvalue weighted by atomic mass is 10.2. The summed E-state index contributed by atoms with van der Waals surface area (Å²) in [5, 5.41) is 0. The van der Waals surface area contributed by atoms with Crippen LogP contribution in [0.3, 0.4) is 0 Å². The van der Waals surface area contributed by atoms with E-state index in [1.54, 1.807) is 26.0 Å². The summed E-state index contributed by atoms with van der Waals surface area (Å²) >= 11 is 0. The summed E-state index contributed by atoms with van der Waals surface area (Å²) in [6.07, 6.45) is 1.45. The van der Waals surface area contributed by atoms with Gasteiger partial charge in [-0.05, 0) is 12.1 Å². The first-order chi connectivity index (χ1) is 8.96. The third kappa shape index (κ3) is 1.91. The van der Waals surface area contributed by atoms with Gasteiger partial charge in [-0.25, -0.2) is 9.59 Å². The van der Waals surface area contributed by atoms with Gasteiger partial charge in [-0.15, -0.1) is 0 Å². The SMILES string of the molecule is CC1(C)OC(=O)c2c(cc(-c3ccco3)oc2=O)O1. The molecule has 0 unspecified atom stereocenters. The number of cyclic esters (lactones) is 1. The van der Waals surface area contributed by atoms with Crippen LogP contribution < -0.4 is 10.4 Å². The summed E-state index contributed by atoms with van der Waals surface area (Å²) in [5.74, 6) is -1.19. The van der Waals surface area contributed by atoms with Gasteiger partial charge in [0.05, 0.1) is 6.26 Å². The summed E-state index contributed by atoms with van der Waals surface area (Å²) in [7, 11) is 0. The fourth-order valence-corrected chi connectivity index (χ4v) is 1.84. The number of furan rings is 1. The molecule has 1 aliphatic heterocycles. The molecule has 0 N–H and O–H groups in total. The largest absolute Gasteiger partial charge is 0.461 e. The van der Waals surface area contributed by atoms with Gasteiger partial charge in [-0.3, -0.25) is 0 Å². The third-order valence-electron chi connectivity index (χ3n) is 2.58. The van der Waals surface area contributed by atoms with E-state index in [2.05, 4.69) is 0 Å². The van der Waals surface area contributed by atoms with Crippen molar-refractivity contribution in [1.29, 1.82) is 0 Å². The van der Waals surface area contributed by atoms with Crippen LogP contribution in [-0.4, -0.2) is 11.8 Å². The molecule has 0 aliphatic carbocycles. The predicted octanol–water partition coefficient (Wildman–Crippen LogP) is 2.19. The summed E-state index contributed by atoms with van der Waals surface area (Å²) in [5.41, 5.74) is -1.06. The first-order valence-electron chi connectivity index (χ1n) is 5.61. The standard InChI is InChI=1S/C13H10O6/c1-13(2)18-9-6-8(7-4-3-5-16-7)17-11(14)10(9)12(15)19-13/h3-6H,1-2H3. The second kappa shape index (κ2) is 3.74. The average Bonchev–Trinajstić information content (AvgIpc) is 2.78. The van der Waals surface area contributed by atoms with Crippen LogP contribution in [0.1, 0.15) is 24.2 Å². The van der Waals surface area contributed by atoms with Crippen LogP contribution in [-0.2, 0) is 4.74 Å². The normalized spacial score (nSPS) is 16.4. The highest BCUT2D eigenvalue weighted by Gasteiger charge is 2.37. The molecule has 0 amide bonds. The monoisotopic (exact) mass is 262 g/mol. The Morgan fingerprint density at radius 1 is 1.11 bits per heavy atom. The van der Waals surface area contributed by atoms with E-state index in [0.29, 0.717) is 5.76 Å². The van der Waals surface area contributed by atoms with Crippen LogP contribution in [0.2, 0.25) is 0 Å². The Morgan fingerprint density at radius 2 is 1.89 bits per heavy atom. The second-order valence-corrected chi connectivity index (χ2v) is 4.51. The van der Waals surface area contributed by atoms with Crippen molar-refractivity contribution in [3.8, 4) is 17.3 Å². The van der Waals surface area contributed by atoms with Gasteiger partial charge in [-0.2, -0.15) is 0 Å². The second-order valence-electron chi connectivity index (χ2n) is 4.51. The molecule has 2 aromatic rings. The van der Waals surface area contributed by atoms with Crippen molar-refractivity contribution >= 4 is 5.97 Å². The Balaban J connectivity index is 2.19. The van der Waals surface area contributed by atoms with E-state index in [1.165, 1.54) is 12.3 Å². The number of esters is 1. The maximum atomic E-state index is 11.8. The van der Waals surface area contributed by atoms with Gasteiger partial charge < -0.3 is 18.3 Å². The number of ether oxygens (including phenoxy) is 2. The van der Waals surface area contributed by atoms with E-state index in [-0.39, 0.29) is 17.1 Å². The van der Waals surface area contributed by atoms with Crippen molar-refractivity contribution in [3.63, 3.8) is 0 Å². The Labute approximate surface area is 107 Å². The molecule has 0 radical (unpaired) electrons. The fraction of sp³-hybridized carbons (Fsp3) is 0.231. The molecule has 0 fully saturated rings. The first-order valence-corrected chi connectivity index (χ1v) is 5.61. The molecule has 0 saturated heterocycles. The highest BCUT2D eigenvalue weighted by Crippen LogP contribution is 2.32. The Morgan fingerprint density at radius 3 is 2.58 bits per heavy atom. The molecule has 0 saturated carbocycles. The van der Waals surface area contributed by atoms with Crippen molar-refractivity contribution in [2.75, 3.05) is 0 Å². The molecule has 1 aliphatic rings. The van der Waals surface area contributed by atoms with Gasteiger partial charge in [0.1, 0.15) is 5.75 Å². The maximum Gasteiger partial charge on any atom is 0.354 e. The highest BCUT2D eigenvalue weighted by atomic mass is 16.7. The minimum absolute atomic E-state index is 0.129. The minimum atomic E-state index is -1.13. The molecule has 19 heavy (non-hydrogen) atoms. The molecule has 3 heterocycles. The van der Waals surface area contributed by atoms with Gasteiger partial charge in [0.25, 0.3) is 0 Å². The summed E-state index contributed by atoms with van der Waals surface area (Å²) in [6, 6.07) is 4.74. The van der Waals surface area contributed by atoms with E-state index in [4.69, 9.17) is 18.3 Å². The lowest BCUT2D eigenvalue weighted by molar-refractivity contribution is -0.128. The zero-order valence-electron chi connectivity index (χ0n) is 10.3. The summed E-state index contributed by atoms with van der Waals surface area (Å²) in [6.45, 7) is 3.16. The first kappa shape index (κ1) is 11.6. The molecule has 3 rings (SSSR count). The number of hydrogen-bond donors (Lipinski definition) is 0. The average molecular weight is 262 g/mol. The van der Waals surface area contributed by atoms with E-state index in [0.717, 1.165) is 0 Å². The highest BCUT2D eigenvalue weighted by molar-refractivity contribution is 5.93. The molecule has 6 heteroatoms. The Kier molecular flexibility index (Phi) is 2.28. The van der Waals surface area contributed by atoms with Gasteiger partial charge >= 0.3 is 11.6 Å². The smallest absolute Gasteiger partial charge is 0.354 e. The quantitative estimate of drug-likeness (QED) is 0.733. The zero-order valence-corrected chi connectivity index (χ0v) is 10.3. The molecule has 6 nitrogen and oxygen atoms in total. The van der Waals surface area contributed by atoms with E-state index >= 15 is 0 Å². The van der Waals surface area contributed by atoms with Crippen LogP contribution in [0.5, 0.6) is 5.75 Å². The van der Waals surface area contributed by atoms with E-state index in [9.17, 15) is 9.59 Å². The molecule has 2 aromatic heterocycles. The predicted molar refractivity (Wildman–Crippen MR) is 62.8 cm³/mol. The van der Waals surface area contributed by atoms with Crippen molar-refractivity contribution < 1.29 is 23.1 Å². The molecular formula is C13H10O6. The zero-order chi connectivity index (χ0) is 13.6. The molecule has 0 bridgehead atoms. The Hall–Kier alpha value is -2.50. The molecular weight excluding hydrogens is 252 g/mol. The van der Waals surface area contributed by atoms with Crippen LogP contribution in [0.4, 0.5) is 0 Å².